The lowest BCUT2D eigenvalue weighted by atomic mass is 10.2. The van der Waals surface area contributed by atoms with Crippen LogP contribution < -0.4 is 4.90 Å². The summed E-state index contributed by atoms with van der Waals surface area (Å²) in [6.45, 7) is 2.86. The standard InChI is InChI=1S/C22H20FN5O2/c23-17-4-1-3-16(13-17)15-28-18-5-12-30-20(18)14-19(28)21(29)26-8-10-27(11-9-26)22-24-6-2-7-25-22/h1-7,12-14H,8-11,15H2. The van der Waals surface area contributed by atoms with E-state index >= 15 is 0 Å². The van der Waals surface area contributed by atoms with Crippen LogP contribution in [0.3, 0.4) is 0 Å². The van der Waals surface area contributed by atoms with E-state index in [2.05, 4.69) is 14.9 Å². The van der Waals surface area contributed by atoms with Crippen LogP contribution in [0.25, 0.3) is 11.1 Å². The van der Waals surface area contributed by atoms with Gasteiger partial charge in [0.05, 0.1) is 11.8 Å². The molecule has 1 fully saturated rings. The van der Waals surface area contributed by atoms with E-state index in [0.717, 1.165) is 11.1 Å². The quantitative estimate of drug-likeness (QED) is 0.522. The fraction of sp³-hybridized carbons (Fsp3) is 0.227. The van der Waals surface area contributed by atoms with E-state index in [9.17, 15) is 9.18 Å². The monoisotopic (exact) mass is 405 g/mol. The van der Waals surface area contributed by atoms with Gasteiger partial charge >= 0.3 is 0 Å². The second-order valence-electron chi connectivity index (χ2n) is 7.24. The summed E-state index contributed by atoms with van der Waals surface area (Å²) in [7, 11) is 0. The summed E-state index contributed by atoms with van der Waals surface area (Å²) in [6.07, 6.45) is 5.03. The summed E-state index contributed by atoms with van der Waals surface area (Å²) in [4.78, 5) is 25.8. The largest absolute Gasteiger partial charge is 0.463 e. The highest BCUT2D eigenvalue weighted by Gasteiger charge is 2.27. The lowest BCUT2D eigenvalue weighted by molar-refractivity contribution is 0.0736. The summed E-state index contributed by atoms with van der Waals surface area (Å²) < 4.78 is 21.1. The van der Waals surface area contributed by atoms with Crippen LogP contribution in [0.5, 0.6) is 0 Å². The highest BCUT2D eigenvalue weighted by Crippen LogP contribution is 2.24. The number of hydrogen-bond donors (Lipinski definition) is 0. The molecule has 0 atom stereocenters. The predicted octanol–water partition coefficient (Wildman–Crippen LogP) is 3.17. The average molecular weight is 405 g/mol. The number of benzene rings is 1. The summed E-state index contributed by atoms with van der Waals surface area (Å²) in [5.74, 6) is 0.318. The molecule has 0 spiro atoms. The van der Waals surface area contributed by atoms with Crippen molar-refractivity contribution < 1.29 is 13.6 Å². The summed E-state index contributed by atoms with van der Waals surface area (Å²) in [5, 5.41) is 0. The van der Waals surface area contributed by atoms with Gasteiger partial charge in [0.15, 0.2) is 5.58 Å². The van der Waals surface area contributed by atoms with Crippen molar-refractivity contribution >= 4 is 23.0 Å². The Bertz CT molecular complexity index is 1180. The summed E-state index contributed by atoms with van der Waals surface area (Å²) in [6, 6.07) is 11.8. The van der Waals surface area contributed by atoms with Gasteiger partial charge in [0.25, 0.3) is 5.91 Å². The first-order chi connectivity index (χ1) is 14.7. The van der Waals surface area contributed by atoms with Crippen molar-refractivity contribution in [3.8, 4) is 0 Å². The maximum atomic E-state index is 13.7. The molecule has 1 amide bonds. The highest BCUT2D eigenvalue weighted by atomic mass is 19.1. The van der Waals surface area contributed by atoms with Crippen molar-refractivity contribution in [3.05, 3.63) is 78.2 Å². The molecule has 1 aromatic carbocycles. The molecular formula is C22H20FN5O2. The lowest BCUT2D eigenvalue weighted by Gasteiger charge is -2.34. The first-order valence-corrected chi connectivity index (χ1v) is 9.81. The van der Waals surface area contributed by atoms with Crippen molar-refractivity contribution in [1.29, 1.82) is 0 Å². The number of anilines is 1. The Morgan fingerprint density at radius 3 is 2.60 bits per heavy atom. The fourth-order valence-corrected chi connectivity index (χ4v) is 3.87. The molecule has 0 N–H and O–H groups in total. The van der Waals surface area contributed by atoms with Gasteiger partial charge in [-0.2, -0.15) is 0 Å². The number of piperazine rings is 1. The number of halogens is 1. The topological polar surface area (TPSA) is 67.4 Å². The molecule has 152 valence electrons. The Kier molecular flexibility index (Phi) is 4.66. The number of carbonyl (C=O) groups excluding carboxylic acids is 1. The van der Waals surface area contributed by atoms with Gasteiger partial charge in [-0.05, 0) is 23.8 Å². The van der Waals surface area contributed by atoms with Crippen molar-refractivity contribution in [2.45, 2.75) is 6.54 Å². The number of furan rings is 1. The molecule has 1 aliphatic heterocycles. The van der Waals surface area contributed by atoms with Gasteiger partial charge in [0.1, 0.15) is 11.5 Å². The molecule has 0 saturated carbocycles. The van der Waals surface area contributed by atoms with E-state index in [-0.39, 0.29) is 11.7 Å². The average Bonchev–Trinajstić information content (AvgIpc) is 3.37. The SMILES string of the molecule is O=C(c1cc2occc2n1Cc1cccc(F)c1)N1CCN(c2ncccn2)CC1. The lowest BCUT2D eigenvalue weighted by Crippen LogP contribution is -2.49. The van der Waals surface area contributed by atoms with Crippen molar-refractivity contribution in [3.63, 3.8) is 0 Å². The third kappa shape index (κ3) is 3.41. The van der Waals surface area contributed by atoms with E-state index in [1.807, 2.05) is 21.6 Å². The molecule has 0 bridgehead atoms. The van der Waals surface area contributed by atoms with Crippen molar-refractivity contribution in [2.24, 2.45) is 0 Å². The van der Waals surface area contributed by atoms with Gasteiger partial charge in [-0.25, -0.2) is 14.4 Å². The van der Waals surface area contributed by atoms with E-state index < -0.39 is 0 Å². The Labute approximate surface area is 172 Å². The van der Waals surface area contributed by atoms with Crippen molar-refractivity contribution in [1.82, 2.24) is 19.4 Å². The highest BCUT2D eigenvalue weighted by molar-refractivity contribution is 5.97. The van der Waals surface area contributed by atoms with Gasteiger partial charge in [0, 0.05) is 57.3 Å². The molecule has 0 radical (unpaired) electrons. The molecule has 1 saturated heterocycles. The third-order valence-corrected chi connectivity index (χ3v) is 5.37. The minimum atomic E-state index is -0.296. The van der Waals surface area contributed by atoms with Crippen LogP contribution in [-0.2, 0) is 6.54 Å². The summed E-state index contributed by atoms with van der Waals surface area (Å²) >= 11 is 0. The Morgan fingerprint density at radius 2 is 1.83 bits per heavy atom. The number of carbonyl (C=O) groups is 1. The second kappa shape index (κ2) is 7.62. The smallest absolute Gasteiger partial charge is 0.270 e. The summed E-state index contributed by atoms with van der Waals surface area (Å²) in [5.41, 5.74) is 2.79. The zero-order valence-corrected chi connectivity index (χ0v) is 16.2. The van der Waals surface area contributed by atoms with E-state index in [4.69, 9.17) is 4.42 Å². The molecule has 7 nitrogen and oxygen atoms in total. The number of hydrogen-bond acceptors (Lipinski definition) is 5. The van der Waals surface area contributed by atoms with Crippen LogP contribution in [-0.4, -0.2) is 51.5 Å². The maximum Gasteiger partial charge on any atom is 0.270 e. The molecular weight excluding hydrogens is 385 g/mol. The third-order valence-electron chi connectivity index (χ3n) is 5.37. The molecule has 4 heterocycles. The van der Waals surface area contributed by atoms with Gasteiger partial charge in [-0.1, -0.05) is 12.1 Å². The minimum absolute atomic E-state index is 0.0635. The van der Waals surface area contributed by atoms with Crippen LogP contribution in [0, 0.1) is 5.82 Å². The van der Waals surface area contributed by atoms with Gasteiger partial charge in [-0.15, -0.1) is 0 Å². The Balaban J connectivity index is 1.38. The number of amides is 1. The van der Waals surface area contributed by atoms with Crippen molar-refractivity contribution in [2.75, 3.05) is 31.1 Å². The first kappa shape index (κ1) is 18.4. The van der Waals surface area contributed by atoms with E-state index in [1.165, 1.54) is 12.1 Å². The normalized spacial score (nSPS) is 14.4. The zero-order valence-electron chi connectivity index (χ0n) is 16.2. The van der Waals surface area contributed by atoms with Crippen LogP contribution in [0.2, 0.25) is 0 Å². The number of aromatic nitrogens is 3. The molecule has 3 aromatic heterocycles. The number of fused-ring (bicyclic) bond motifs is 1. The molecule has 0 unspecified atom stereocenters. The van der Waals surface area contributed by atoms with Crippen LogP contribution in [0.15, 0.2) is 65.5 Å². The van der Waals surface area contributed by atoms with Crippen LogP contribution in [0.1, 0.15) is 16.1 Å². The number of nitrogens with zero attached hydrogens (tertiary/aromatic N) is 5. The predicted molar refractivity (Wildman–Crippen MR) is 110 cm³/mol. The first-order valence-electron chi connectivity index (χ1n) is 9.81. The fourth-order valence-electron chi connectivity index (χ4n) is 3.87. The molecule has 8 heteroatoms. The zero-order chi connectivity index (χ0) is 20.5. The van der Waals surface area contributed by atoms with Crippen LogP contribution in [0.4, 0.5) is 10.3 Å². The van der Waals surface area contributed by atoms with E-state index in [0.29, 0.717) is 49.9 Å². The Hall–Kier alpha value is -3.68. The number of rotatable bonds is 4. The molecule has 4 aromatic rings. The van der Waals surface area contributed by atoms with Gasteiger partial charge in [-0.3, -0.25) is 4.79 Å². The Morgan fingerprint density at radius 1 is 1.03 bits per heavy atom. The van der Waals surface area contributed by atoms with Gasteiger partial charge < -0.3 is 18.8 Å². The van der Waals surface area contributed by atoms with Crippen LogP contribution >= 0.6 is 0 Å². The molecule has 0 aliphatic carbocycles. The molecule has 1 aliphatic rings. The minimum Gasteiger partial charge on any atom is -0.463 e. The maximum absolute atomic E-state index is 13.7. The molecule has 5 rings (SSSR count). The van der Waals surface area contributed by atoms with E-state index in [1.54, 1.807) is 36.9 Å². The molecule has 30 heavy (non-hydrogen) atoms. The second-order valence-corrected chi connectivity index (χ2v) is 7.24. The van der Waals surface area contributed by atoms with Gasteiger partial charge in [0.2, 0.25) is 5.95 Å².